The van der Waals surface area contributed by atoms with E-state index in [9.17, 15) is 4.39 Å². The number of morpholine rings is 1. The summed E-state index contributed by atoms with van der Waals surface area (Å²) in [5.74, 6) is 0.349. The lowest BCUT2D eigenvalue weighted by molar-refractivity contribution is 0.0673. The van der Waals surface area contributed by atoms with Crippen LogP contribution in [0.5, 0.6) is 5.75 Å². The number of halogens is 1. The summed E-state index contributed by atoms with van der Waals surface area (Å²) in [7, 11) is 0. The van der Waals surface area contributed by atoms with Gasteiger partial charge in [-0.1, -0.05) is 12.1 Å². The van der Waals surface area contributed by atoms with Crippen molar-refractivity contribution >= 4 is 5.96 Å². The van der Waals surface area contributed by atoms with E-state index < -0.39 is 0 Å². The number of hydrogen-bond donors (Lipinski definition) is 1. The molecule has 20 heavy (non-hydrogen) atoms. The van der Waals surface area contributed by atoms with Crippen molar-refractivity contribution in [2.45, 2.75) is 13.0 Å². The summed E-state index contributed by atoms with van der Waals surface area (Å²) in [4.78, 5) is 6.26. The van der Waals surface area contributed by atoms with Crippen LogP contribution in [0, 0.1) is 5.82 Å². The van der Waals surface area contributed by atoms with Gasteiger partial charge in [-0.3, -0.25) is 0 Å². The summed E-state index contributed by atoms with van der Waals surface area (Å²) in [6.45, 7) is 5.05. The van der Waals surface area contributed by atoms with Gasteiger partial charge in [0.2, 0.25) is 0 Å². The molecule has 0 saturated carbocycles. The van der Waals surface area contributed by atoms with Gasteiger partial charge in [0.1, 0.15) is 6.10 Å². The highest BCUT2D eigenvalue weighted by Crippen LogP contribution is 2.17. The lowest BCUT2D eigenvalue weighted by Gasteiger charge is -2.27. The second kappa shape index (κ2) is 7.09. The molecule has 1 unspecified atom stereocenters. The Bertz CT molecular complexity index is 461. The van der Waals surface area contributed by atoms with Gasteiger partial charge in [-0.2, -0.15) is 0 Å². The minimum atomic E-state index is -0.371. The molecule has 1 atom stereocenters. The standard InChI is InChI=1S/C14H20FN3O2/c1-11(20-13-5-3-2-4-12(13)15)10-17-14(16)18-6-8-19-9-7-18/h2-5,11H,6-10H2,1H3,(H2,16,17). The first kappa shape index (κ1) is 14.6. The maximum Gasteiger partial charge on any atom is 0.191 e. The molecule has 0 amide bonds. The molecule has 0 radical (unpaired) electrons. The van der Waals surface area contributed by atoms with Crippen LogP contribution in [0.4, 0.5) is 4.39 Å². The van der Waals surface area contributed by atoms with E-state index in [1.807, 2.05) is 11.8 Å². The van der Waals surface area contributed by atoms with Gasteiger partial charge < -0.3 is 20.1 Å². The highest BCUT2D eigenvalue weighted by atomic mass is 19.1. The van der Waals surface area contributed by atoms with Crippen molar-refractivity contribution in [1.82, 2.24) is 4.90 Å². The zero-order chi connectivity index (χ0) is 14.4. The number of rotatable bonds is 4. The van der Waals surface area contributed by atoms with E-state index in [-0.39, 0.29) is 17.7 Å². The highest BCUT2D eigenvalue weighted by Gasteiger charge is 2.13. The summed E-state index contributed by atoms with van der Waals surface area (Å²) in [6.07, 6.45) is -0.244. The summed E-state index contributed by atoms with van der Waals surface area (Å²) in [6, 6.07) is 6.33. The van der Waals surface area contributed by atoms with Crippen LogP contribution in [0.1, 0.15) is 6.92 Å². The van der Waals surface area contributed by atoms with E-state index >= 15 is 0 Å². The van der Waals surface area contributed by atoms with Gasteiger partial charge in [-0.25, -0.2) is 9.38 Å². The molecule has 1 aliphatic heterocycles. The molecule has 0 bridgehead atoms. The first-order valence-corrected chi connectivity index (χ1v) is 6.70. The molecule has 1 heterocycles. The second-order valence-electron chi connectivity index (χ2n) is 4.66. The Kier molecular flexibility index (Phi) is 5.17. The number of nitrogens with zero attached hydrogens (tertiary/aromatic N) is 2. The zero-order valence-corrected chi connectivity index (χ0v) is 11.6. The van der Waals surface area contributed by atoms with Gasteiger partial charge in [0, 0.05) is 13.1 Å². The number of guanidine groups is 1. The molecule has 0 aliphatic carbocycles. The molecule has 2 N–H and O–H groups in total. The van der Waals surface area contributed by atoms with Crippen molar-refractivity contribution in [3.05, 3.63) is 30.1 Å². The van der Waals surface area contributed by atoms with Crippen LogP contribution in [0.25, 0.3) is 0 Å². The van der Waals surface area contributed by atoms with Crippen molar-refractivity contribution in [2.75, 3.05) is 32.8 Å². The SMILES string of the molecule is CC(CN=C(N)N1CCOCC1)Oc1ccccc1F. The molecule has 0 aromatic heterocycles. The third-order valence-corrected chi connectivity index (χ3v) is 3.01. The Balaban J connectivity index is 1.85. The lowest BCUT2D eigenvalue weighted by atomic mass is 10.3. The summed E-state index contributed by atoms with van der Waals surface area (Å²) in [5.41, 5.74) is 5.91. The Morgan fingerprint density at radius 3 is 2.85 bits per heavy atom. The Hall–Kier alpha value is -1.82. The van der Waals surface area contributed by atoms with Crippen LogP contribution in [0.15, 0.2) is 29.3 Å². The molecule has 1 fully saturated rings. The van der Waals surface area contributed by atoms with E-state index in [1.54, 1.807) is 18.2 Å². The number of aliphatic imine (C=N–C) groups is 1. The number of ether oxygens (including phenoxy) is 2. The van der Waals surface area contributed by atoms with Crippen molar-refractivity contribution in [3.8, 4) is 5.75 Å². The van der Waals surface area contributed by atoms with E-state index in [2.05, 4.69) is 4.99 Å². The van der Waals surface area contributed by atoms with Crippen molar-refractivity contribution < 1.29 is 13.9 Å². The number of para-hydroxylation sites is 1. The number of hydrogen-bond acceptors (Lipinski definition) is 3. The normalized spacial score (nSPS) is 17.9. The number of benzene rings is 1. The first-order chi connectivity index (χ1) is 9.66. The summed E-state index contributed by atoms with van der Waals surface area (Å²) < 4.78 is 24.2. The fourth-order valence-corrected chi connectivity index (χ4v) is 1.91. The maximum atomic E-state index is 13.4. The molecular formula is C14H20FN3O2. The third kappa shape index (κ3) is 4.09. The third-order valence-electron chi connectivity index (χ3n) is 3.01. The van der Waals surface area contributed by atoms with Crippen LogP contribution in [-0.2, 0) is 4.74 Å². The van der Waals surface area contributed by atoms with Crippen LogP contribution >= 0.6 is 0 Å². The predicted molar refractivity (Wildman–Crippen MR) is 75.4 cm³/mol. The molecule has 1 aromatic rings. The van der Waals surface area contributed by atoms with Crippen molar-refractivity contribution in [3.63, 3.8) is 0 Å². The Labute approximate surface area is 118 Å². The fourth-order valence-electron chi connectivity index (χ4n) is 1.91. The molecule has 0 spiro atoms. The molecule has 1 saturated heterocycles. The summed E-state index contributed by atoms with van der Waals surface area (Å²) >= 11 is 0. The fraction of sp³-hybridized carbons (Fsp3) is 0.500. The van der Waals surface area contributed by atoms with Gasteiger partial charge in [-0.15, -0.1) is 0 Å². The van der Waals surface area contributed by atoms with Gasteiger partial charge in [0.25, 0.3) is 0 Å². The van der Waals surface area contributed by atoms with Gasteiger partial charge in [0.15, 0.2) is 17.5 Å². The molecule has 1 aromatic carbocycles. The quantitative estimate of drug-likeness (QED) is 0.666. The smallest absolute Gasteiger partial charge is 0.191 e. The molecule has 2 rings (SSSR count). The van der Waals surface area contributed by atoms with Gasteiger partial charge in [0.05, 0.1) is 19.8 Å². The minimum Gasteiger partial charge on any atom is -0.486 e. The number of nitrogens with two attached hydrogens (primary N) is 1. The first-order valence-electron chi connectivity index (χ1n) is 6.70. The zero-order valence-electron chi connectivity index (χ0n) is 11.6. The molecule has 6 heteroatoms. The minimum absolute atomic E-state index is 0.236. The summed E-state index contributed by atoms with van der Waals surface area (Å²) in [5, 5.41) is 0. The molecule has 5 nitrogen and oxygen atoms in total. The van der Waals surface area contributed by atoms with E-state index in [4.69, 9.17) is 15.2 Å². The Morgan fingerprint density at radius 1 is 1.45 bits per heavy atom. The average Bonchev–Trinajstić information content (AvgIpc) is 2.48. The van der Waals surface area contributed by atoms with Crippen LogP contribution in [0.3, 0.4) is 0 Å². The van der Waals surface area contributed by atoms with Crippen molar-refractivity contribution in [1.29, 1.82) is 0 Å². The van der Waals surface area contributed by atoms with Gasteiger partial charge >= 0.3 is 0 Å². The van der Waals surface area contributed by atoms with Crippen LogP contribution in [0.2, 0.25) is 0 Å². The highest BCUT2D eigenvalue weighted by molar-refractivity contribution is 5.78. The second-order valence-corrected chi connectivity index (χ2v) is 4.66. The predicted octanol–water partition coefficient (Wildman–Crippen LogP) is 1.24. The monoisotopic (exact) mass is 281 g/mol. The molecular weight excluding hydrogens is 261 g/mol. The van der Waals surface area contributed by atoms with E-state index in [0.29, 0.717) is 25.7 Å². The van der Waals surface area contributed by atoms with E-state index in [0.717, 1.165) is 13.1 Å². The average molecular weight is 281 g/mol. The molecule has 110 valence electrons. The lowest BCUT2D eigenvalue weighted by Crippen LogP contribution is -2.45. The topological polar surface area (TPSA) is 60.1 Å². The maximum absolute atomic E-state index is 13.4. The Morgan fingerprint density at radius 2 is 2.15 bits per heavy atom. The van der Waals surface area contributed by atoms with Crippen molar-refractivity contribution in [2.24, 2.45) is 10.7 Å². The molecule has 1 aliphatic rings. The van der Waals surface area contributed by atoms with Gasteiger partial charge in [-0.05, 0) is 19.1 Å². The largest absolute Gasteiger partial charge is 0.486 e. The van der Waals surface area contributed by atoms with Crippen LogP contribution in [-0.4, -0.2) is 49.8 Å². The van der Waals surface area contributed by atoms with Crippen LogP contribution < -0.4 is 10.5 Å². The van der Waals surface area contributed by atoms with E-state index in [1.165, 1.54) is 6.07 Å².